The Bertz CT molecular complexity index is 772. The highest BCUT2D eigenvalue weighted by atomic mass is 16.6. The maximum atomic E-state index is 12.2. The molecule has 10 nitrogen and oxygen atoms in total. The van der Waals surface area contributed by atoms with Crippen LogP contribution < -0.4 is 10.6 Å². The average molecular weight is 390 g/mol. The van der Waals surface area contributed by atoms with E-state index in [2.05, 4.69) is 25.6 Å². The van der Waals surface area contributed by atoms with E-state index in [-0.39, 0.29) is 11.8 Å². The third kappa shape index (κ3) is 5.75. The maximum absolute atomic E-state index is 12.2. The molecule has 1 aliphatic carbocycles. The Morgan fingerprint density at radius 1 is 1.39 bits per heavy atom. The van der Waals surface area contributed by atoms with Gasteiger partial charge in [0.2, 0.25) is 0 Å². The van der Waals surface area contributed by atoms with Gasteiger partial charge in [-0.05, 0) is 62.6 Å². The van der Waals surface area contributed by atoms with Crippen LogP contribution in [0.4, 0.5) is 15.3 Å². The number of azide groups is 1. The van der Waals surface area contributed by atoms with Crippen molar-refractivity contribution in [2.75, 3.05) is 5.32 Å². The Balaban J connectivity index is 2.26. The molecule has 4 atom stereocenters. The van der Waals surface area contributed by atoms with E-state index >= 15 is 0 Å². The molecule has 1 heterocycles. The molecule has 1 aromatic rings. The second kappa shape index (κ2) is 8.79. The van der Waals surface area contributed by atoms with E-state index in [4.69, 9.17) is 15.4 Å². The van der Waals surface area contributed by atoms with Crippen LogP contribution >= 0.6 is 0 Å². The lowest BCUT2D eigenvalue weighted by Crippen LogP contribution is -2.48. The van der Waals surface area contributed by atoms with Gasteiger partial charge in [-0.2, -0.15) is 0 Å². The molecular formula is C18H26N6O4. The number of aromatic nitrogens is 1. The fraction of sp³-hybridized carbons (Fsp3) is 0.611. The Labute approximate surface area is 163 Å². The topological polar surface area (TPSA) is 149 Å². The number of pyridine rings is 1. The minimum absolute atomic E-state index is 0.0472. The number of nitrogens with one attached hydrogen (secondary N) is 2. The predicted molar refractivity (Wildman–Crippen MR) is 103 cm³/mol. The first-order valence-corrected chi connectivity index (χ1v) is 9.08. The van der Waals surface area contributed by atoms with Crippen LogP contribution in [0.1, 0.15) is 52.0 Å². The van der Waals surface area contributed by atoms with Crippen LogP contribution in [0.3, 0.4) is 0 Å². The molecule has 10 heteroatoms. The van der Waals surface area contributed by atoms with Gasteiger partial charge < -0.3 is 15.2 Å². The number of carbonyl (C=O) groups excluding carboxylic acids is 1. The molecular weight excluding hydrogens is 364 g/mol. The van der Waals surface area contributed by atoms with Crippen molar-refractivity contribution in [2.24, 2.45) is 11.0 Å². The van der Waals surface area contributed by atoms with Crippen molar-refractivity contribution in [3.8, 4) is 0 Å². The summed E-state index contributed by atoms with van der Waals surface area (Å²) in [6.45, 7) is 7.25. The summed E-state index contributed by atoms with van der Waals surface area (Å²) in [5, 5.41) is 18.1. The highest BCUT2D eigenvalue weighted by molar-refractivity contribution is 5.85. The zero-order valence-corrected chi connectivity index (χ0v) is 16.4. The standard InChI is InChI=1S/C18H26N6O4/c1-10-7-11(8-13(21-16(25)26)15(10)23-24-19)12-5-6-20-9-14(12)22-17(27)28-18(2,3)4/h5-6,9-11,13,15,21H,7-8H2,1-4H3,(H,22,27)(H,25,26)/t10-,11-,13+,15+/m1/s1. The quantitative estimate of drug-likeness (QED) is 0.399. The number of anilines is 1. The van der Waals surface area contributed by atoms with E-state index in [9.17, 15) is 9.59 Å². The van der Waals surface area contributed by atoms with Crippen molar-refractivity contribution in [1.29, 1.82) is 0 Å². The SMILES string of the molecule is C[C@@H]1C[C@@H](c2ccncc2NC(=O)OC(C)(C)C)C[C@H](NC(=O)O)[C@H]1N=[N+]=[N-]. The number of carboxylic acid groups (broad SMARTS) is 1. The highest BCUT2D eigenvalue weighted by Gasteiger charge is 2.37. The van der Waals surface area contributed by atoms with Gasteiger partial charge in [-0.25, -0.2) is 9.59 Å². The summed E-state index contributed by atoms with van der Waals surface area (Å²) in [7, 11) is 0. The Morgan fingerprint density at radius 3 is 2.71 bits per heavy atom. The van der Waals surface area contributed by atoms with Gasteiger partial charge >= 0.3 is 12.2 Å². The summed E-state index contributed by atoms with van der Waals surface area (Å²) in [4.78, 5) is 30.3. The first-order valence-electron chi connectivity index (χ1n) is 9.08. The van der Waals surface area contributed by atoms with Crippen molar-refractivity contribution in [2.45, 2.75) is 64.1 Å². The molecule has 1 aromatic heterocycles. The van der Waals surface area contributed by atoms with E-state index in [1.807, 2.05) is 6.92 Å². The molecule has 152 valence electrons. The summed E-state index contributed by atoms with van der Waals surface area (Å²) in [5.41, 5.74) is 9.54. The van der Waals surface area contributed by atoms with Gasteiger partial charge in [0.25, 0.3) is 0 Å². The second-order valence-electron chi connectivity index (χ2n) is 7.99. The molecule has 2 rings (SSSR count). The predicted octanol–water partition coefficient (Wildman–Crippen LogP) is 4.26. The molecule has 28 heavy (non-hydrogen) atoms. The van der Waals surface area contributed by atoms with Gasteiger partial charge in [-0.15, -0.1) is 0 Å². The van der Waals surface area contributed by atoms with Gasteiger partial charge in [0.05, 0.1) is 17.9 Å². The summed E-state index contributed by atoms with van der Waals surface area (Å²) in [6.07, 6.45) is 2.53. The number of hydrogen-bond donors (Lipinski definition) is 3. The Kier molecular flexibility index (Phi) is 6.69. The summed E-state index contributed by atoms with van der Waals surface area (Å²) in [6, 6.07) is 0.807. The second-order valence-corrected chi connectivity index (χ2v) is 7.99. The van der Waals surface area contributed by atoms with Crippen LogP contribution in [0.2, 0.25) is 0 Å². The van der Waals surface area contributed by atoms with Gasteiger partial charge in [0.1, 0.15) is 5.60 Å². The van der Waals surface area contributed by atoms with Crippen LogP contribution in [0.15, 0.2) is 23.6 Å². The third-order valence-corrected chi connectivity index (χ3v) is 4.61. The molecule has 3 N–H and O–H groups in total. The van der Waals surface area contributed by atoms with E-state index in [0.717, 1.165) is 5.56 Å². The van der Waals surface area contributed by atoms with Crippen molar-refractivity contribution in [1.82, 2.24) is 10.3 Å². The Morgan fingerprint density at radius 2 is 2.11 bits per heavy atom. The molecule has 0 radical (unpaired) electrons. The molecule has 0 saturated heterocycles. The van der Waals surface area contributed by atoms with Crippen molar-refractivity contribution in [3.05, 3.63) is 34.5 Å². The summed E-state index contributed by atoms with van der Waals surface area (Å²) < 4.78 is 5.30. The number of amides is 2. The lowest BCUT2D eigenvalue weighted by atomic mass is 9.73. The molecule has 0 unspecified atom stereocenters. The highest BCUT2D eigenvalue weighted by Crippen LogP contribution is 2.40. The number of rotatable bonds is 4. The van der Waals surface area contributed by atoms with Crippen LogP contribution in [-0.2, 0) is 4.74 Å². The third-order valence-electron chi connectivity index (χ3n) is 4.61. The number of nitrogens with zero attached hydrogens (tertiary/aromatic N) is 4. The lowest BCUT2D eigenvalue weighted by Gasteiger charge is -2.38. The zero-order valence-electron chi connectivity index (χ0n) is 16.4. The van der Waals surface area contributed by atoms with E-state index in [0.29, 0.717) is 18.5 Å². The molecule has 1 saturated carbocycles. The Hall–Kier alpha value is -3.00. The first-order chi connectivity index (χ1) is 13.1. The maximum Gasteiger partial charge on any atom is 0.412 e. The largest absolute Gasteiger partial charge is 0.465 e. The normalized spacial score (nSPS) is 24.6. The summed E-state index contributed by atoms with van der Waals surface area (Å²) in [5.74, 6) is -0.0982. The molecule has 2 amide bonds. The van der Waals surface area contributed by atoms with Gasteiger partial charge in [-0.1, -0.05) is 12.0 Å². The van der Waals surface area contributed by atoms with Crippen LogP contribution in [-0.4, -0.2) is 40.0 Å². The lowest BCUT2D eigenvalue weighted by molar-refractivity contribution is 0.0635. The number of carbonyl (C=O) groups is 2. The van der Waals surface area contributed by atoms with Crippen molar-refractivity contribution < 1.29 is 19.4 Å². The van der Waals surface area contributed by atoms with Crippen molar-refractivity contribution in [3.63, 3.8) is 0 Å². The van der Waals surface area contributed by atoms with Crippen LogP contribution in [0.25, 0.3) is 10.4 Å². The molecule has 1 aliphatic rings. The molecule has 0 spiro atoms. The minimum atomic E-state index is -1.17. The first kappa shape index (κ1) is 21.3. The van der Waals surface area contributed by atoms with Crippen LogP contribution in [0, 0.1) is 5.92 Å². The van der Waals surface area contributed by atoms with Gasteiger partial charge in [0, 0.05) is 17.2 Å². The summed E-state index contributed by atoms with van der Waals surface area (Å²) >= 11 is 0. The molecule has 0 bridgehead atoms. The molecule has 0 aromatic carbocycles. The number of ether oxygens (including phenoxy) is 1. The van der Waals surface area contributed by atoms with Gasteiger partial charge in [-0.3, -0.25) is 10.3 Å². The molecule has 1 fully saturated rings. The average Bonchev–Trinajstić information content (AvgIpc) is 2.56. The minimum Gasteiger partial charge on any atom is -0.465 e. The van der Waals surface area contributed by atoms with Crippen LogP contribution in [0.5, 0.6) is 0 Å². The monoisotopic (exact) mass is 390 g/mol. The van der Waals surface area contributed by atoms with E-state index in [1.165, 1.54) is 0 Å². The smallest absolute Gasteiger partial charge is 0.412 e. The van der Waals surface area contributed by atoms with Gasteiger partial charge in [0.15, 0.2) is 0 Å². The van der Waals surface area contributed by atoms with E-state index in [1.54, 1.807) is 39.2 Å². The molecule has 0 aliphatic heterocycles. The van der Waals surface area contributed by atoms with E-state index < -0.39 is 29.9 Å². The van der Waals surface area contributed by atoms with Crippen molar-refractivity contribution >= 4 is 17.9 Å². The fourth-order valence-electron chi connectivity index (χ4n) is 3.62. The fourth-order valence-corrected chi connectivity index (χ4v) is 3.62. The zero-order chi connectivity index (χ0) is 20.9. The number of hydrogen-bond acceptors (Lipinski definition) is 5.